The minimum Gasteiger partial charge on any atom is -0.492 e. The number of carbonyl (C=O) groups excluding carboxylic acids is 1. The molecule has 3 aromatic rings. The number of sulfonamides is 1. The van der Waals surface area contributed by atoms with E-state index in [1.54, 1.807) is 13.0 Å². The van der Waals surface area contributed by atoms with Crippen molar-refractivity contribution >= 4 is 50.5 Å². The van der Waals surface area contributed by atoms with Crippen LogP contribution in [-0.2, 0) is 10.0 Å². The Morgan fingerprint density at radius 2 is 1.77 bits per heavy atom. The molecule has 2 N–H and O–H groups in total. The van der Waals surface area contributed by atoms with E-state index in [1.807, 2.05) is 0 Å². The van der Waals surface area contributed by atoms with Gasteiger partial charge < -0.3 is 10.1 Å². The highest BCUT2D eigenvalue weighted by Gasteiger charge is 2.20. The van der Waals surface area contributed by atoms with E-state index < -0.39 is 21.7 Å². The fraction of sp³-hybridized carbons (Fsp3) is 0.0952. The Morgan fingerprint density at radius 1 is 1.03 bits per heavy atom. The molecular weight excluding hydrogens is 466 g/mol. The highest BCUT2D eigenvalue weighted by molar-refractivity contribution is 7.92. The molecule has 0 aliphatic rings. The number of amides is 1. The first-order valence-electron chi connectivity index (χ1n) is 9.02. The van der Waals surface area contributed by atoms with Crippen LogP contribution in [0.4, 0.5) is 15.8 Å². The van der Waals surface area contributed by atoms with Crippen LogP contribution in [0.25, 0.3) is 0 Å². The standard InChI is InChI=1S/C21H17Cl2FN2O4S/c1-2-30-19-11-10-13(31(28,29)26-17-9-5-7-15(22)20(17)23)12-18(19)25-21(27)14-6-3-4-8-16(14)24/h3-12,26H,2H2,1H3,(H,25,27). The molecule has 0 radical (unpaired) electrons. The van der Waals surface area contributed by atoms with Gasteiger partial charge in [0.05, 0.1) is 38.5 Å². The van der Waals surface area contributed by atoms with Crippen molar-refractivity contribution in [2.75, 3.05) is 16.6 Å². The fourth-order valence-corrected chi connectivity index (χ4v) is 4.18. The second-order valence-corrected chi connectivity index (χ2v) is 8.70. The lowest BCUT2D eigenvalue weighted by Gasteiger charge is -2.15. The monoisotopic (exact) mass is 482 g/mol. The fourth-order valence-electron chi connectivity index (χ4n) is 2.68. The molecule has 0 spiro atoms. The predicted molar refractivity (Wildman–Crippen MR) is 119 cm³/mol. The molecule has 0 unspecified atom stereocenters. The Hall–Kier alpha value is -2.81. The van der Waals surface area contributed by atoms with Gasteiger partial charge in [-0.2, -0.15) is 0 Å². The highest BCUT2D eigenvalue weighted by atomic mass is 35.5. The molecule has 6 nitrogen and oxygen atoms in total. The van der Waals surface area contributed by atoms with Crippen molar-refractivity contribution in [1.82, 2.24) is 0 Å². The summed E-state index contributed by atoms with van der Waals surface area (Å²) in [6.07, 6.45) is 0. The second kappa shape index (κ2) is 9.55. The van der Waals surface area contributed by atoms with Gasteiger partial charge in [-0.3, -0.25) is 9.52 Å². The van der Waals surface area contributed by atoms with Crippen LogP contribution in [0, 0.1) is 5.82 Å². The van der Waals surface area contributed by atoms with Crippen LogP contribution < -0.4 is 14.8 Å². The number of benzene rings is 3. The largest absolute Gasteiger partial charge is 0.492 e. The van der Waals surface area contributed by atoms with Crippen LogP contribution in [0.5, 0.6) is 5.75 Å². The van der Waals surface area contributed by atoms with E-state index in [1.165, 1.54) is 48.5 Å². The molecule has 3 aromatic carbocycles. The average molecular weight is 483 g/mol. The smallest absolute Gasteiger partial charge is 0.262 e. The van der Waals surface area contributed by atoms with Crippen LogP contribution in [0.3, 0.4) is 0 Å². The Kier molecular flexibility index (Phi) is 7.04. The maximum Gasteiger partial charge on any atom is 0.262 e. The van der Waals surface area contributed by atoms with E-state index in [9.17, 15) is 17.6 Å². The Labute approximate surface area is 189 Å². The molecule has 0 saturated heterocycles. The van der Waals surface area contributed by atoms with Gasteiger partial charge in [-0.05, 0) is 49.4 Å². The molecule has 0 atom stereocenters. The lowest BCUT2D eigenvalue weighted by atomic mass is 10.2. The van der Waals surface area contributed by atoms with Gasteiger partial charge in [0, 0.05) is 0 Å². The van der Waals surface area contributed by atoms with Crippen molar-refractivity contribution in [1.29, 1.82) is 0 Å². The van der Waals surface area contributed by atoms with E-state index in [-0.39, 0.29) is 44.2 Å². The first kappa shape index (κ1) is 22.9. The van der Waals surface area contributed by atoms with E-state index in [0.717, 1.165) is 6.07 Å². The Balaban J connectivity index is 1.96. The molecule has 0 bridgehead atoms. The van der Waals surface area contributed by atoms with Crippen molar-refractivity contribution in [3.63, 3.8) is 0 Å². The summed E-state index contributed by atoms with van der Waals surface area (Å²) in [6, 6.07) is 13.9. The number of hydrogen-bond donors (Lipinski definition) is 2. The van der Waals surface area contributed by atoms with Crippen molar-refractivity contribution in [2.45, 2.75) is 11.8 Å². The summed E-state index contributed by atoms with van der Waals surface area (Å²) in [6.45, 7) is 2.00. The summed E-state index contributed by atoms with van der Waals surface area (Å²) in [5.74, 6) is -1.23. The number of hydrogen-bond acceptors (Lipinski definition) is 4. The third-order valence-electron chi connectivity index (χ3n) is 4.12. The molecule has 10 heteroatoms. The second-order valence-electron chi connectivity index (χ2n) is 6.23. The maximum absolute atomic E-state index is 14.0. The van der Waals surface area contributed by atoms with E-state index in [2.05, 4.69) is 10.0 Å². The molecule has 0 aromatic heterocycles. The summed E-state index contributed by atoms with van der Waals surface area (Å²) in [5.41, 5.74) is -0.0304. The zero-order chi connectivity index (χ0) is 22.6. The lowest BCUT2D eigenvalue weighted by Crippen LogP contribution is -2.17. The van der Waals surface area contributed by atoms with E-state index >= 15 is 0 Å². The Morgan fingerprint density at radius 3 is 2.48 bits per heavy atom. The van der Waals surface area contributed by atoms with Gasteiger partial charge >= 0.3 is 0 Å². The minimum atomic E-state index is -4.09. The first-order valence-corrected chi connectivity index (χ1v) is 11.3. The molecule has 0 aliphatic heterocycles. The zero-order valence-electron chi connectivity index (χ0n) is 16.2. The number of rotatable bonds is 7. The topological polar surface area (TPSA) is 84.5 Å². The number of carbonyl (C=O) groups is 1. The van der Waals surface area contributed by atoms with Crippen LogP contribution in [0.2, 0.25) is 10.0 Å². The van der Waals surface area contributed by atoms with E-state index in [0.29, 0.717) is 0 Å². The molecule has 0 fully saturated rings. The SMILES string of the molecule is CCOc1ccc(S(=O)(=O)Nc2cccc(Cl)c2Cl)cc1NC(=O)c1ccccc1F. The molecule has 0 heterocycles. The summed E-state index contributed by atoms with van der Waals surface area (Å²) in [4.78, 5) is 12.4. The van der Waals surface area contributed by atoms with Gasteiger partial charge in [0.15, 0.2) is 0 Å². The van der Waals surface area contributed by atoms with Crippen LogP contribution in [0.15, 0.2) is 65.6 Å². The summed E-state index contributed by atoms with van der Waals surface area (Å²) in [5, 5.41) is 2.74. The van der Waals surface area contributed by atoms with Crippen LogP contribution in [0.1, 0.15) is 17.3 Å². The van der Waals surface area contributed by atoms with Gasteiger partial charge in [-0.15, -0.1) is 0 Å². The molecule has 3 rings (SSSR count). The van der Waals surface area contributed by atoms with Crippen LogP contribution >= 0.6 is 23.2 Å². The van der Waals surface area contributed by atoms with Gasteiger partial charge in [-0.1, -0.05) is 41.4 Å². The predicted octanol–water partition coefficient (Wildman–Crippen LogP) is 5.58. The highest BCUT2D eigenvalue weighted by Crippen LogP contribution is 2.33. The minimum absolute atomic E-state index is 0.0479. The van der Waals surface area contributed by atoms with Crippen molar-refractivity contribution in [3.8, 4) is 5.75 Å². The van der Waals surface area contributed by atoms with E-state index in [4.69, 9.17) is 27.9 Å². The zero-order valence-corrected chi connectivity index (χ0v) is 18.5. The normalized spacial score (nSPS) is 11.1. The number of anilines is 2. The van der Waals surface area contributed by atoms with Gasteiger partial charge in [0.1, 0.15) is 11.6 Å². The van der Waals surface area contributed by atoms with Crippen molar-refractivity contribution < 1.29 is 22.3 Å². The molecule has 31 heavy (non-hydrogen) atoms. The number of halogens is 3. The molecule has 162 valence electrons. The van der Waals surface area contributed by atoms with Crippen molar-refractivity contribution in [3.05, 3.63) is 82.1 Å². The number of ether oxygens (including phenoxy) is 1. The third-order valence-corrected chi connectivity index (χ3v) is 6.31. The third kappa shape index (κ3) is 5.28. The van der Waals surface area contributed by atoms with Crippen molar-refractivity contribution in [2.24, 2.45) is 0 Å². The molecule has 0 aliphatic carbocycles. The summed E-state index contributed by atoms with van der Waals surface area (Å²) < 4.78 is 47.5. The lowest BCUT2D eigenvalue weighted by molar-refractivity contribution is 0.102. The first-order chi connectivity index (χ1) is 14.7. The summed E-state index contributed by atoms with van der Waals surface area (Å²) >= 11 is 12.0. The Bertz CT molecular complexity index is 1240. The molecule has 1 amide bonds. The van der Waals surface area contributed by atoms with Gasteiger partial charge in [-0.25, -0.2) is 12.8 Å². The maximum atomic E-state index is 14.0. The molecular formula is C21H17Cl2FN2O4S. The van der Waals surface area contributed by atoms with Gasteiger partial charge in [0.2, 0.25) is 0 Å². The van der Waals surface area contributed by atoms with Crippen LogP contribution in [-0.4, -0.2) is 20.9 Å². The molecule has 0 saturated carbocycles. The summed E-state index contributed by atoms with van der Waals surface area (Å²) in [7, 11) is -4.09. The van der Waals surface area contributed by atoms with Gasteiger partial charge in [0.25, 0.3) is 15.9 Å². The average Bonchev–Trinajstić information content (AvgIpc) is 2.73. The number of nitrogens with one attached hydrogen (secondary N) is 2. The quantitative estimate of drug-likeness (QED) is 0.459.